The minimum absolute atomic E-state index is 0.177. The van der Waals surface area contributed by atoms with E-state index in [4.69, 9.17) is 9.47 Å². The summed E-state index contributed by atoms with van der Waals surface area (Å²) in [6.45, 7) is 1.27. The molecule has 0 spiro atoms. The zero-order valence-electron chi connectivity index (χ0n) is 20.5. The molecule has 2 aliphatic heterocycles. The van der Waals surface area contributed by atoms with E-state index in [0.717, 1.165) is 16.0 Å². The zero-order chi connectivity index (χ0) is 26.6. The molecule has 0 saturated carbocycles. The predicted octanol–water partition coefficient (Wildman–Crippen LogP) is 3.32. The quantitative estimate of drug-likeness (QED) is 0.339. The molecule has 3 heterocycles. The van der Waals surface area contributed by atoms with Crippen LogP contribution in [0.1, 0.15) is 29.0 Å². The number of thiophene rings is 1. The van der Waals surface area contributed by atoms with Crippen molar-refractivity contribution in [3.63, 3.8) is 0 Å². The molecule has 1 unspecified atom stereocenters. The molecule has 0 aliphatic carbocycles. The number of carbonyl (C=O) groups excluding carboxylic acids is 4. The molecule has 2 saturated heterocycles. The first kappa shape index (κ1) is 26.0. The van der Waals surface area contributed by atoms with Gasteiger partial charge in [0.1, 0.15) is 17.5 Å². The summed E-state index contributed by atoms with van der Waals surface area (Å²) in [5.74, 6) is -1.61. The third-order valence-corrected chi connectivity index (χ3v) is 8.63. The summed E-state index contributed by atoms with van der Waals surface area (Å²) in [4.78, 5) is 53.7. The highest BCUT2D eigenvalue weighted by atomic mass is 32.2. The van der Waals surface area contributed by atoms with Crippen LogP contribution in [0.3, 0.4) is 0 Å². The van der Waals surface area contributed by atoms with Crippen molar-refractivity contribution < 1.29 is 28.7 Å². The number of nitrogens with one attached hydrogen (secondary N) is 1. The van der Waals surface area contributed by atoms with Crippen molar-refractivity contribution in [1.82, 2.24) is 10.2 Å². The highest BCUT2D eigenvalue weighted by Gasteiger charge is 2.59. The van der Waals surface area contributed by atoms with E-state index in [1.54, 1.807) is 0 Å². The molecule has 1 aromatic heterocycles. The topological polar surface area (TPSA) is 102 Å². The van der Waals surface area contributed by atoms with Gasteiger partial charge in [-0.2, -0.15) is 0 Å². The molecular weight excluding hydrogens is 524 g/mol. The van der Waals surface area contributed by atoms with Crippen LogP contribution in [-0.2, 0) is 35.1 Å². The van der Waals surface area contributed by atoms with Gasteiger partial charge in [-0.25, -0.2) is 4.79 Å². The zero-order valence-corrected chi connectivity index (χ0v) is 22.2. The van der Waals surface area contributed by atoms with Gasteiger partial charge in [0.2, 0.25) is 11.8 Å². The summed E-state index contributed by atoms with van der Waals surface area (Å²) in [5, 5.41) is 4.23. The van der Waals surface area contributed by atoms with Gasteiger partial charge in [-0.15, -0.1) is 23.1 Å². The molecule has 1 N–H and O–H groups in total. The Bertz CT molecular complexity index is 1260. The lowest BCUT2D eigenvalue weighted by Crippen LogP contribution is -2.77. The fraction of sp³-hybridized carbons (Fsp3) is 0.286. The number of thioether (sulfide) groups is 1. The minimum Gasteiger partial charge on any atom is -0.459 e. The van der Waals surface area contributed by atoms with Crippen LogP contribution in [0.4, 0.5) is 0 Å². The van der Waals surface area contributed by atoms with E-state index in [2.05, 4.69) is 5.32 Å². The van der Waals surface area contributed by atoms with Crippen LogP contribution in [0.25, 0.3) is 0 Å². The molecule has 4 atom stereocenters. The molecule has 8 nitrogen and oxygen atoms in total. The molecule has 2 aromatic carbocycles. The standard InChI is InChI=1S/C28H26N2O6S2/c1-17(31)35-21-16-38-27-23(29-22(32)15-20-13-8-14-37-20)26(33)30(27)24(21)28(34)36-25(18-9-4-2-5-10-18)19-11-6-3-7-12-19/h2-14,21,23-25,27H,15-16H2,1H3,(H,29,32)/t21?,23-,24-,27+/m1/s1. The SMILES string of the molecule is CC(=O)OC1CS[C@H]2[C@H](NC(=O)Cc3cccs3)C(=O)N2[C@H]1C(=O)OC(c1ccccc1)c1ccccc1. The highest BCUT2D eigenvalue weighted by molar-refractivity contribution is 8.00. The van der Waals surface area contributed by atoms with E-state index in [0.29, 0.717) is 0 Å². The molecule has 196 valence electrons. The van der Waals surface area contributed by atoms with Crippen molar-refractivity contribution in [2.45, 2.75) is 43.0 Å². The Kier molecular flexibility index (Phi) is 7.80. The number of hydrogen-bond donors (Lipinski definition) is 1. The summed E-state index contributed by atoms with van der Waals surface area (Å²) in [7, 11) is 0. The second-order valence-corrected chi connectivity index (χ2v) is 11.2. The van der Waals surface area contributed by atoms with Gasteiger partial charge in [0, 0.05) is 17.6 Å². The van der Waals surface area contributed by atoms with Crippen molar-refractivity contribution in [2.24, 2.45) is 0 Å². The normalized spacial score (nSPS) is 22.3. The van der Waals surface area contributed by atoms with Gasteiger partial charge in [0.25, 0.3) is 0 Å². The number of fused-ring (bicyclic) bond motifs is 1. The van der Waals surface area contributed by atoms with Gasteiger partial charge in [-0.05, 0) is 22.6 Å². The Labute approximate surface area is 228 Å². The first-order chi connectivity index (χ1) is 18.4. The number of benzene rings is 2. The van der Waals surface area contributed by atoms with Crippen molar-refractivity contribution in [1.29, 1.82) is 0 Å². The first-order valence-electron chi connectivity index (χ1n) is 12.2. The van der Waals surface area contributed by atoms with E-state index >= 15 is 0 Å². The fourth-order valence-corrected chi connectivity index (χ4v) is 6.81. The van der Waals surface area contributed by atoms with Crippen LogP contribution >= 0.6 is 23.1 Å². The van der Waals surface area contributed by atoms with Crippen LogP contribution in [0.5, 0.6) is 0 Å². The number of ether oxygens (including phenoxy) is 2. The van der Waals surface area contributed by atoms with E-state index in [1.165, 1.54) is 34.9 Å². The van der Waals surface area contributed by atoms with Crippen LogP contribution < -0.4 is 5.32 Å². The molecule has 0 bridgehead atoms. The van der Waals surface area contributed by atoms with Gasteiger partial charge in [0.05, 0.1) is 6.42 Å². The lowest BCUT2D eigenvalue weighted by Gasteiger charge is -2.54. The van der Waals surface area contributed by atoms with Crippen molar-refractivity contribution >= 4 is 46.9 Å². The van der Waals surface area contributed by atoms with Gasteiger partial charge < -0.3 is 19.7 Å². The number of carbonyl (C=O) groups is 4. The maximum absolute atomic E-state index is 13.7. The van der Waals surface area contributed by atoms with E-state index in [1.807, 2.05) is 78.2 Å². The number of rotatable bonds is 8. The number of nitrogens with zero attached hydrogens (tertiary/aromatic N) is 1. The maximum Gasteiger partial charge on any atom is 0.333 e. The molecule has 5 rings (SSSR count). The smallest absolute Gasteiger partial charge is 0.333 e. The van der Waals surface area contributed by atoms with Gasteiger partial charge >= 0.3 is 11.9 Å². The average molecular weight is 551 g/mol. The number of hydrogen-bond acceptors (Lipinski definition) is 8. The Morgan fingerprint density at radius 1 is 1.00 bits per heavy atom. The summed E-state index contributed by atoms with van der Waals surface area (Å²) in [5.41, 5.74) is 1.54. The Hall–Kier alpha value is -3.63. The predicted molar refractivity (Wildman–Crippen MR) is 143 cm³/mol. The number of β-lactam (4-membered cyclic amide) rings is 1. The van der Waals surface area contributed by atoms with Gasteiger partial charge in [-0.3, -0.25) is 14.4 Å². The molecule has 2 amide bonds. The Morgan fingerprint density at radius 2 is 1.66 bits per heavy atom. The molecule has 2 fully saturated rings. The molecule has 10 heteroatoms. The monoisotopic (exact) mass is 550 g/mol. The largest absolute Gasteiger partial charge is 0.459 e. The average Bonchev–Trinajstić information content (AvgIpc) is 3.43. The molecular formula is C28H26N2O6S2. The van der Waals surface area contributed by atoms with Crippen LogP contribution in [0.2, 0.25) is 0 Å². The van der Waals surface area contributed by atoms with Crippen molar-refractivity contribution in [3.8, 4) is 0 Å². The molecule has 2 aliphatic rings. The Morgan fingerprint density at radius 3 is 2.24 bits per heavy atom. The van der Waals surface area contributed by atoms with E-state index in [-0.39, 0.29) is 18.1 Å². The van der Waals surface area contributed by atoms with Crippen LogP contribution in [0.15, 0.2) is 78.2 Å². The number of esters is 2. The summed E-state index contributed by atoms with van der Waals surface area (Å²) >= 11 is 2.83. The van der Waals surface area contributed by atoms with Gasteiger partial charge in [-0.1, -0.05) is 66.7 Å². The molecule has 38 heavy (non-hydrogen) atoms. The van der Waals surface area contributed by atoms with E-state index < -0.39 is 47.5 Å². The maximum atomic E-state index is 13.7. The third kappa shape index (κ3) is 5.46. The lowest BCUT2D eigenvalue weighted by molar-refractivity contribution is -0.178. The minimum atomic E-state index is -1.13. The molecule has 3 aromatic rings. The summed E-state index contributed by atoms with van der Waals surface area (Å²) in [6.07, 6.45) is -1.41. The molecule has 0 radical (unpaired) electrons. The second kappa shape index (κ2) is 11.4. The van der Waals surface area contributed by atoms with Crippen molar-refractivity contribution in [3.05, 3.63) is 94.2 Å². The third-order valence-electron chi connectivity index (χ3n) is 6.39. The number of amides is 2. The Balaban J connectivity index is 1.36. The summed E-state index contributed by atoms with van der Waals surface area (Å²) < 4.78 is 11.5. The first-order valence-corrected chi connectivity index (χ1v) is 14.1. The second-order valence-electron chi connectivity index (χ2n) is 9.00. The van der Waals surface area contributed by atoms with E-state index in [9.17, 15) is 19.2 Å². The van der Waals surface area contributed by atoms with Crippen molar-refractivity contribution in [2.75, 3.05) is 5.75 Å². The highest BCUT2D eigenvalue weighted by Crippen LogP contribution is 2.40. The van der Waals surface area contributed by atoms with Crippen LogP contribution in [-0.4, -0.2) is 58.0 Å². The lowest BCUT2D eigenvalue weighted by atomic mass is 9.98. The van der Waals surface area contributed by atoms with Gasteiger partial charge in [0.15, 0.2) is 12.1 Å². The van der Waals surface area contributed by atoms with Crippen LogP contribution in [0, 0.1) is 0 Å². The fourth-order valence-electron chi connectivity index (χ4n) is 4.70. The summed E-state index contributed by atoms with van der Waals surface area (Å²) in [6, 6.07) is 20.5.